The second kappa shape index (κ2) is 6.10. The molecule has 3 rings (SSSR count). The zero-order chi connectivity index (χ0) is 16.6. The monoisotopic (exact) mass is 346 g/mol. The van der Waals surface area contributed by atoms with Gasteiger partial charge in [0.2, 0.25) is 5.88 Å². The van der Waals surface area contributed by atoms with E-state index in [-0.39, 0.29) is 5.88 Å². The number of fused-ring (bicyclic) bond motifs is 1. The number of aliphatic carboxylic acids is 1. The molecule has 1 aromatic carbocycles. The molecule has 0 radical (unpaired) electrons. The second-order valence-corrected chi connectivity index (χ2v) is 6.74. The summed E-state index contributed by atoms with van der Waals surface area (Å²) in [6.45, 7) is 1.75. The molecule has 0 saturated heterocycles. The largest absolute Gasteiger partial charge is 0.493 e. The molecule has 1 aromatic heterocycles. The number of aliphatic imine (C=N–C) groups is 1. The number of nitrogens with zero attached hydrogens (tertiary/aromatic N) is 2. The Morgan fingerprint density at radius 3 is 2.91 bits per heavy atom. The normalized spacial score (nSPS) is 15.8. The molecule has 2 N–H and O–H groups in total. The van der Waals surface area contributed by atoms with Gasteiger partial charge in [0.1, 0.15) is 6.04 Å². The van der Waals surface area contributed by atoms with Crippen LogP contribution in [0.1, 0.15) is 29.8 Å². The van der Waals surface area contributed by atoms with Crippen LogP contribution in [0, 0.1) is 3.95 Å². The molecule has 1 aliphatic rings. The van der Waals surface area contributed by atoms with Crippen LogP contribution in [0.15, 0.2) is 29.3 Å². The minimum Gasteiger partial charge on any atom is -0.493 e. The van der Waals surface area contributed by atoms with E-state index >= 15 is 0 Å². The number of aromatic hydroxyl groups is 1. The highest BCUT2D eigenvalue weighted by Crippen LogP contribution is 2.37. The van der Waals surface area contributed by atoms with Gasteiger partial charge in [-0.3, -0.25) is 9.56 Å². The minimum atomic E-state index is -1.01. The molecular formula is C16H14N2O3S2. The van der Waals surface area contributed by atoms with Crippen LogP contribution in [0.2, 0.25) is 0 Å². The summed E-state index contributed by atoms with van der Waals surface area (Å²) in [5.74, 6) is -1.12. The summed E-state index contributed by atoms with van der Waals surface area (Å²) < 4.78 is 1.64. The van der Waals surface area contributed by atoms with Gasteiger partial charge in [0, 0.05) is 17.4 Å². The predicted octanol–water partition coefficient (Wildman–Crippen LogP) is 4.28. The first-order valence-corrected chi connectivity index (χ1v) is 8.27. The molecule has 0 saturated carbocycles. The first-order valence-electron chi connectivity index (χ1n) is 7.05. The van der Waals surface area contributed by atoms with Crippen molar-refractivity contribution in [3.05, 3.63) is 38.7 Å². The van der Waals surface area contributed by atoms with E-state index in [0.29, 0.717) is 15.3 Å². The van der Waals surface area contributed by atoms with Gasteiger partial charge in [-0.25, -0.2) is 4.79 Å². The fourth-order valence-corrected chi connectivity index (χ4v) is 3.88. The quantitative estimate of drug-likeness (QED) is 0.811. The van der Waals surface area contributed by atoms with Gasteiger partial charge in [0.25, 0.3) is 0 Å². The maximum Gasteiger partial charge on any atom is 0.326 e. The van der Waals surface area contributed by atoms with E-state index < -0.39 is 12.0 Å². The lowest BCUT2D eigenvalue weighted by Gasteiger charge is -2.12. The molecule has 2 heterocycles. The number of aromatic nitrogens is 1. The van der Waals surface area contributed by atoms with Crippen molar-refractivity contribution in [3.8, 4) is 5.88 Å². The van der Waals surface area contributed by atoms with Crippen molar-refractivity contribution in [2.75, 3.05) is 0 Å². The van der Waals surface area contributed by atoms with Crippen LogP contribution in [-0.2, 0) is 4.79 Å². The molecule has 0 unspecified atom stereocenters. The van der Waals surface area contributed by atoms with Gasteiger partial charge in [-0.1, -0.05) is 25.1 Å². The Hall–Kier alpha value is -2.25. The summed E-state index contributed by atoms with van der Waals surface area (Å²) in [6.07, 6.45) is 3.86. The van der Waals surface area contributed by atoms with E-state index in [2.05, 4.69) is 4.99 Å². The lowest BCUT2D eigenvalue weighted by Crippen LogP contribution is -2.17. The van der Waals surface area contributed by atoms with Crippen LogP contribution in [0.5, 0.6) is 5.88 Å². The first-order chi connectivity index (χ1) is 11.0. The van der Waals surface area contributed by atoms with Crippen LogP contribution >= 0.6 is 23.6 Å². The topological polar surface area (TPSA) is 74.8 Å². The number of carboxylic acids is 1. The van der Waals surface area contributed by atoms with Crippen molar-refractivity contribution in [3.63, 3.8) is 0 Å². The highest BCUT2D eigenvalue weighted by Gasteiger charge is 2.24. The van der Waals surface area contributed by atoms with E-state index in [4.69, 9.17) is 12.2 Å². The Labute approximate surface area is 141 Å². The lowest BCUT2D eigenvalue weighted by atomic mass is 10.1. The fraction of sp³-hybridized carbons (Fsp3) is 0.188. The number of hydrogen-bond donors (Lipinski definition) is 2. The third-order valence-corrected chi connectivity index (χ3v) is 5.01. The number of carbonyl (C=O) groups is 1. The number of rotatable bonds is 4. The second-order valence-electron chi connectivity index (χ2n) is 5.06. The maximum absolute atomic E-state index is 11.3. The van der Waals surface area contributed by atoms with Gasteiger partial charge in [0.05, 0.1) is 10.6 Å². The molecule has 1 aliphatic heterocycles. The predicted molar refractivity (Wildman–Crippen MR) is 94.2 cm³/mol. The van der Waals surface area contributed by atoms with Gasteiger partial charge >= 0.3 is 5.97 Å². The van der Waals surface area contributed by atoms with Gasteiger partial charge in [-0.15, -0.1) is 11.3 Å². The maximum atomic E-state index is 11.3. The van der Waals surface area contributed by atoms with Crippen molar-refractivity contribution < 1.29 is 15.0 Å². The Bertz CT molecular complexity index is 893. The number of para-hydroxylation sites is 1. The molecule has 7 heteroatoms. The number of thiazole rings is 1. The van der Waals surface area contributed by atoms with Crippen LogP contribution in [0.25, 0.3) is 11.6 Å². The average Bonchev–Trinajstić information content (AvgIpc) is 3.05. The van der Waals surface area contributed by atoms with Crippen molar-refractivity contribution in [1.82, 2.24) is 4.57 Å². The Kier molecular flexibility index (Phi) is 4.14. The third kappa shape index (κ3) is 2.73. The van der Waals surface area contributed by atoms with Crippen molar-refractivity contribution in [2.45, 2.75) is 19.4 Å². The molecule has 2 aromatic rings. The highest BCUT2D eigenvalue weighted by molar-refractivity contribution is 7.73. The summed E-state index contributed by atoms with van der Waals surface area (Å²) in [7, 11) is 0. The molecule has 23 heavy (non-hydrogen) atoms. The van der Waals surface area contributed by atoms with Crippen molar-refractivity contribution >= 4 is 53.1 Å². The van der Waals surface area contributed by atoms with E-state index in [1.54, 1.807) is 19.2 Å². The van der Waals surface area contributed by atoms with Crippen molar-refractivity contribution in [2.24, 2.45) is 4.99 Å². The first kappa shape index (κ1) is 15.6. The van der Waals surface area contributed by atoms with E-state index in [1.165, 1.54) is 15.9 Å². The van der Waals surface area contributed by atoms with Crippen LogP contribution in [-0.4, -0.2) is 27.0 Å². The van der Waals surface area contributed by atoms with Gasteiger partial charge in [-0.05, 0) is 30.8 Å². The summed E-state index contributed by atoms with van der Waals surface area (Å²) >= 11 is 6.43. The Balaban J connectivity index is 2.07. The summed E-state index contributed by atoms with van der Waals surface area (Å²) in [6, 6.07) is 6.84. The number of hydrogen-bond acceptors (Lipinski definition) is 5. The third-order valence-electron chi connectivity index (χ3n) is 3.67. The molecule has 0 fully saturated rings. The summed E-state index contributed by atoms with van der Waals surface area (Å²) in [4.78, 5) is 16.2. The van der Waals surface area contributed by atoms with Gasteiger partial charge in [0.15, 0.2) is 3.95 Å². The summed E-state index contributed by atoms with van der Waals surface area (Å²) in [5.41, 5.74) is 2.71. The molecule has 5 nitrogen and oxygen atoms in total. The van der Waals surface area contributed by atoms with E-state index in [0.717, 1.165) is 16.8 Å². The average molecular weight is 346 g/mol. The minimum absolute atomic E-state index is 0.112. The smallest absolute Gasteiger partial charge is 0.326 e. The van der Waals surface area contributed by atoms with Crippen molar-refractivity contribution in [1.29, 1.82) is 0 Å². The van der Waals surface area contributed by atoms with Gasteiger partial charge < -0.3 is 10.2 Å². The molecule has 0 bridgehead atoms. The van der Waals surface area contributed by atoms with E-state index in [1.807, 2.05) is 24.3 Å². The lowest BCUT2D eigenvalue weighted by molar-refractivity contribution is -0.141. The molecule has 118 valence electrons. The molecule has 0 amide bonds. The Morgan fingerprint density at radius 2 is 2.22 bits per heavy atom. The standard InChI is InChI=1S/C16H14N2O3S2/c1-2-12(15(20)21)18-14(19)13(23-16(18)22)7-9-8-17-11-6-4-3-5-10(9)11/h3-8,12,19H,2H2,1H3,(H,20,21)/b9-7+/t12-/m1/s1. The van der Waals surface area contributed by atoms with Crippen LogP contribution in [0.4, 0.5) is 5.69 Å². The Morgan fingerprint density at radius 1 is 1.48 bits per heavy atom. The number of benzene rings is 1. The van der Waals surface area contributed by atoms with Crippen LogP contribution < -0.4 is 0 Å². The number of allylic oxidation sites excluding steroid dienone is 1. The molecule has 0 aliphatic carbocycles. The summed E-state index contributed by atoms with van der Waals surface area (Å²) in [5, 5.41) is 19.7. The molecule has 0 spiro atoms. The molecule has 1 atom stereocenters. The van der Waals surface area contributed by atoms with Crippen LogP contribution in [0.3, 0.4) is 0 Å². The zero-order valence-corrected chi connectivity index (χ0v) is 13.9. The van der Waals surface area contributed by atoms with E-state index in [9.17, 15) is 15.0 Å². The number of carboxylic acid groups (broad SMARTS) is 1. The fourth-order valence-electron chi connectivity index (χ4n) is 2.53. The SMILES string of the molecule is CC[C@H](C(=O)O)n1c(O)c(/C=C2\C=Nc3ccccc32)sc1=S. The highest BCUT2D eigenvalue weighted by atomic mass is 32.1. The zero-order valence-electron chi connectivity index (χ0n) is 12.3. The molecular weight excluding hydrogens is 332 g/mol. The van der Waals surface area contributed by atoms with Gasteiger partial charge in [-0.2, -0.15) is 0 Å².